The van der Waals surface area contributed by atoms with E-state index in [2.05, 4.69) is 5.32 Å². The van der Waals surface area contributed by atoms with Gasteiger partial charge in [0.1, 0.15) is 11.4 Å². The number of methoxy groups -OCH3 is 1. The fourth-order valence-electron chi connectivity index (χ4n) is 2.44. The highest BCUT2D eigenvalue weighted by atomic mass is 16.5. The molecule has 0 aliphatic heterocycles. The highest BCUT2D eigenvalue weighted by molar-refractivity contribution is 5.96. The molecule has 1 aromatic heterocycles. The molecule has 2 aromatic rings. The normalized spacial score (nSPS) is 10.3. The Hall–Kier alpha value is -3.09. The summed E-state index contributed by atoms with van der Waals surface area (Å²) >= 11 is 0. The van der Waals surface area contributed by atoms with Gasteiger partial charge in [-0.25, -0.2) is 0 Å². The molecule has 26 heavy (non-hydrogen) atoms. The minimum absolute atomic E-state index is 0.0972. The quantitative estimate of drug-likeness (QED) is 0.853. The van der Waals surface area contributed by atoms with Crippen LogP contribution in [-0.2, 0) is 18.3 Å². The Morgan fingerprint density at radius 2 is 1.85 bits per heavy atom. The van der Waals surface area contributed by atoms with E-state index in [-0.39, 0.29) is 29.5 Å². The van der Waals surface area contributed by atoms with Crippen LogP contribution in [0.25, 0.3) is 0 Å². The molecule has 0 atom stereocenters. The molecule has 2 rings (SSSR count). The molecule has 138 valence electrons. The molecule has 0 spiro atoms. The highest BCUT2D eigenvalue weighted by Gasteiger charge is 2.14. The maximum atomic E-state index is 12.2. The summed E-state index contributed by atoms with van der Waals surface area (Å²) < 4.78 is 6.39. The minimum Gasteiger partial charge on any atom is -0.497 e. The van der Waals surface area contributed by atoms with Gasteiger partial charge in [0.2, 0.25) is 5.91 Å². The number of pyridine rings is 1. The van der Waals surface area contributed by atoms with Crippen molar-refractivity contribution in [2.75, 3.05) is 26.5 Å². The number of hydrogen-bond acceptors (Lipinski definition) is 4. The van der Waals surface area contributed by atoms with Crippen LogP contribution >= 0.6 is 0 Å². The summed E-state index contributed by atoms with van der Waals surface area (Å²) in [7, 11) is 6.39. The zero-order valence-corrected chi connectivity index (χ0v) is 15.4. The van der Waals surface area contributed by atoms with E-state index in [0.29, 0.717) is 12.0 Å². The molecule has 0 fully saturated rings. The van der Waals surface area contributed by atoms with Crippen molar-refractivity contribution in [3.63, 3.8) is 0 Å². The lowest BCUT2D eigenvalue weighted by atomic mass is 10.1. The first-order valence-corrected chi connectivity index (χ1v) is 8.17. The maximum Gasteiger partial charge on any atom is 0.274 e. The van der Waals surface area contributed by atoms with E-state index in [1.165, 1.54) is 21.7 Å². The molecule has 0 aliphatic rings. The van der Waals surface area contributed by atoms with E-state index in [0.717, 1.165) is 11.3 Å². The Labute approximate surface area is 152 Å². The van der Waals surface area contributed by atoms with Gasteiger partial charge < -0.3 is 19.5 Å². The van der Waals surface area contributed by atoms with Crippen LogP contribution in [0.3, 0.4) is 0 Å². The molecule has 2 amide bonds. The van der Waals surface area contributed by atoms with E-state index in [1.807, 2.05) is 24.3 Å². The van der Waals surface area contributed by atoms with Gasteiger partial charge in [-0.05, 0) is 30.2 Å². The van der Waals surface area contributed by atoms with Gasteiger partial charge in [0, 0.05) is 33.8 Å². The van der Waals surface area contributed by atoms with Crippen molar-refractivity contribution in [2.45, 2.75) is 12.8 Å². The lowest BCUT2D eigenvalue weighted by molar-refractivity contribution is -0.116. The molecule has 0 saturated heterocycles. The Bertz CT molecular complexity index is 854. The molecular weight excluding hydrogens is 334 g/mol. The van der Waals surface area contributed by atoms with E-state index < -0.39 is 0 Å². The van der Waals surface area contributed by atoms with Gasteiger partial charge in [0.05, 0.1) is 12.7 Å². The van der Waals surface area contributed by atoms with E-state index in [1.54, 1.807) is 28.3 Å². The predicted octanol–water partition coefficient (Wildman–Crippen LogP) is 1.67. The fourth-order valence-corrected chi connectivity index (χ4v) is 2.44. The molecule has 0 radical (unpaired) electrons. The van der Waals surface area contributed by atoms with Gasteiger partial charge in [-0.2, -0.15) is 0 Å². The molecule has 0 aliphatic carbocycles. The number of aryl methyl sites for hydroxylation is 2. The van der Waals surface area contributed by atoms with Crippen LogP contribution < -0.4 is 15.6 Å². The predicted molar refractivity (Wildman–Crippen MR) is 99.6 cm³/mol. The molecule has 0 saturated carbocycles. The topological polar surface area (TPSA) is 80.6 Å². The van der Waals surface area contributed by atoms with E-state index >= 15 is 0 Å². The second-order valence-corrected chi connectivity index (χ2v) is 6.15. The van der Waals surface area contributed by atoms with Crippen LogP contribution in [-0.4, -0.2) is 42.5 Å². The zero-order valence-electron chi connectivity index (χ0n) is 15.4. The van der Waals surface area contributed by atoms with E-state index in [9.17, 15) is 14.4 Å². The van der Waals surface area contributed by atoms with Crippen molar-refractivity contribution in [1.29, 1.82) is 0 Å². The van der Waals surface area contributed by atoms with Crippen LogP contribution in [0.1, 0.15) is 22.3 Å². The lowest BCUT2D eigenvalue weighted by Gasteiger charge is -2.13. The van der Waals surface area contributed by atoms with Crippen LogP contribution in [0.4, 0.5) is 5.69 Å². The van der Waals surface area contributed by atoms with Gasteiger partial charge in [-0.1, -0.05) is 12.1 Å². The molecule has 0 unspecified atom stereocenters. The van der Waals surface area contributed by atoms with Gasteiger partial charge >= 0.3 is 0 Å². The second-order valence-electron chi connectivity index (χ2n) is 6.15. The Morgan fingerprint density at radius 3 is 2.42 bits per heavy atom. The molecule has 7 nitrogen and oxygen atoms in total. The lowest BCUT2D eigenvalue weighted by Crippen LogP contribution is -2.28. The number of benzene rings is 1. The van der Waals surface area contributed by atoms with Crippen LogP contribution in [0.5, 0.6) is 5.75 Å². The first-order valence-electron chi connectivity index (χ1n) is 8.17. The number of carbonyl (C=O) groups excluding carboxylic acids is 2. The monoisotopic (exact) mass is 357 g/mol. The summed E-state index contributed by atoms with van der Waals surface area (Å²) in [6.07, 6.45) is 2.21. The number of rotatable bonds is 6. The summed E-state index contributed by atoms with van der Waals surface area (Å²) in [5.74, 6) is 0.228. The SMILES string of the molecule is COc1ccc(CCC(=O)Nc2cc(C(=O)N(C)C)cn(C)c2=O)cc1. The summed E-state index contributed by atoms with van der Waals surface area (Å²) in [5, 5.41) is 2.61. The number of amides is 2. The number of nitrogens with one attached hydrogen (secondary N) is 1. The van der Waals surface area contributed by atoms with E-state index in [4.69, 9.17) is 4.74 Å². The molecule has 1 aromatic carbocycles. The van der Waals surface area contributed by atoms with Crippen LogP contribution in [0.2, 0.25) is 0 Å². The standard InChI is InChI=1S/C19H23N3O4/c1-21(2)18(24)14-11-16(19(25)22(3)12-14)20-17(23)10-7-13-5-8-15(26-4)9-6-13/h5-6,8-9,11-12H,7,10H2,1-4H3,(H,20,23). The fraction of sp³-hybridized carbons (Fsp3) is 0.316. The average Bonchev–Trinajstić information content (AvgIpc) is 2.63. The number of ether oxygens (including phenoxy) is 1. The third-order valence-electron chi connectivity index (χ3n) is 3.91. The Balaban J connectivity index is 2.07. The van der Waals surface area contributed by atoms with Gasteiger partial charge in [0.15, 0.2) is 0 Å². The minimum atomic E-state index is -0.363. The van der Waals surface area contributed by atoms with Crippen LogP contribution in [0.15, 0.2) is 41.3 Å². The summed E-state index contributed by atoms with van der Waals surface area (Å²) in [6, 6.07) is 8.86. The number of nitrogens with zero attached hydrogens (tertiary/aromatic N) is 2. The number of anilines is 1. The Kier molecular flexibility index (Phi) is 6.16. The van der Waals surface area contributed by atoms with Crippen LogP contribution in [0, 0.1) is 0 Å². The number of aromatic nitrogens is 1. The molecular formula is C19H23N3O4. The van der Waals surface area contributed by atoms with Gasteiger partial charge in [-0.15, -0.1) is 0 Å². The number of hydrogen-bond donors (Lipinski definition) is 1. The average molecular weight is 357 g/mol. The molecule has 1 N–H and O–H groups in total. The van der Waals surface area contributed by atoms with Crippen molar-refractivity contribution in [1.82, 2.24) is 9.47 Å². The maximum absolute atomic E-state index is 12.2. The Morgan fingerprint density at radius 1 is 1.19 bits per heavy atom. The van der Waals surface area contributed by atoms with Gasteiger partial charge in [-0.3, -0.25) is 14.4 Å². The number of carbonyl (C=O) groups is 2. The van der Waals surface area contributed by atoms with Crippen molar-refractivity contribution in [3.05, 3.63) is 58.0 Å². The van der Waals surface area contributed by atoms with Crippen molar-refractivity contribution in [3.8, 4) is 5.75 Å². The molecule has 0 bridgehead atoms. The first-order chi connectivity index (χ1) is 12.3. The van der Waals surface area contributed by atoms with Crippen molar-refractivity contribution >= 4 is 17.5 Å². The molecule has 7 heteroatoms. The summed E-state index contributed by atoms with van der Waals surface area (Å²) in [6.45, 7) is 0. The third-order valence-corrected chi connectivity index (χ3v) is 3.91. The smallest absolute Gasteiger partial charge is 0.274 e. The third kappa shape index (κ3) is 4.72. The summed E-state index contributed by atoms with van der Waals surface area (Å²) in [5.41, 5.74) is 1.06. The van der Waals surface area contributed by atoms with Crippen molar-refractivity contribution in [2.24, 2.45) is 7.05 Å². The van der Waals surface area contributed by atoms with Crippen molar-refractivity contribution < 1.29 is 14.3 Å². The highest BCUT2D eigenvalue weighted by Crippen LogP contribution is 2.13. The second kappa shape index (κ2) is 8.33. The zero-order chi connectivity index (χ0) is 19.3. The van der Waals surface area contributed by atoms with Gasteiger partial charge in [0.25, 0.3) is 11.5 Å². The molecule has 1 heterocycles. The first kappa shape index (κ1) is 19.2. The largest absolute Gasteiger partial charge is 0.497 e. The summed E-state index contributed by atoms with van der Waals surface area (Å²) in [4.78, 5) is 37.9.